The Morgan fingerprint density at radius 2 is 1.94 bits per heavy atom. The average molecular weight is 272 g/mol. The number of rotatable bonds is 6. The van der Waals surface area contributed by atoms with Crippen LogP contribution < -0.4 is 9.47 Å². The predicted molar refractivity (Wildman–Crippen MR) is 70.9 cm³/mol. The summed E-state index contributed by atoms with van der Waals surface area (Å²) in [6, 6.07) is 3.64. The fraction of sp³-hybridized carbons (Fsp3) is 0.417. The Balaban J connectivity index is 2.75. The van der Waals surface area contributed by atoms with Crippen LogP contribution in [0.3, 0.4) is 0 Å². The Bertz CT molecular complexity index is 418. The molecule has 0 fully saturated rings. The third-order valence-electron chi connectivity index (χ3n) is 2.31. The molecule has 0 bridgehead atoms. The van der Waals surface area contributed by atoms with Gasteiger partial charge < -0.3 is 9.47 Å². The van der Waals surface area contributed by atoms with Crippen LogP contribution in [0.25, 0.3) is 0 Å². The van der Waals surface area contributed by atoms with Crippen LogP contribution in [0.15, 0.2) is 12.1 Å². The number of nitriles is 1. The molecular formula is C12H14ClNO2S. The van der Waals surface area contributed by atoms with Crippen molar-refractivity contribution in [3.05, 3.63) is 22.7 Å². The van der Waals surface area contributed by atoms with Gasteiger partial charge in [0, 0.05) is 16.8 Å². The molecule has 92 valence electrons. The van der Waals surface area contributed by atoms with Crippen LogP contribution >= 0.6 is 23.4 Å². The Morgan fingerprint density at radius 1 is 1.29 bits per heavy atom. The molecule has 0 saturated heterocycles. The first-order valence-electron chi connectivity index (χ1n) is 5.14. The lowest BCUT2D eigenvalue weighted by atomic mass is 10.1. The van der Waals surface area contributed by atoms with Crippen molar-refractivity contribution in [3.8, 4) is 16.9 Å². The van der Waals surface area contributed by atoms with E-state index in [-0.39, 0.29) is 0 Å². The van der Waals surface area contributed by atoms with Gasteiger partial charge in [-0.2, -0.15) is 5.26 Å². The van der Waals surface area contributed by atoms with Crippen LogP contribution in [0.2, 0.25) is 5.02 Å². The zero-order valence-corrected chi connectivity index (χ0v) is 11.4. The first-order chi connectivity index (χ1) is 8.22. The van der Waals surface area contributed by atoms with Gasteiger partial charge in [-0.1, -0.05) is 11.6 Å². The van der Waals surface area contributed by atoms with Crippen LogP contribution in [0.1, 0.15) is 12.0 Å². The number of hydrogen-bond acceptors (Lipinski definition) is 4. The van der Waals surface area contributed by atoms with Crippen molar-refractivity contribution >= 4 is 23.4 Å². The summed E-state index contributed by atoms with van der Waals surface area (Å²) < 4.78 is 10.4. The number of nitrogens with zero attached hydrogens (tertiary/aromatic N) is 1. The van der Waals surface area contributed by atoms with Crippen LogP contribution in [0.5, 0.6) is 11.5 Å². The Hall–Kier alpha value is -1.05. The summed E-state index contributed by atoms with van der Waals surface area (Å²) in [5, 5.41) is 11.1. The van der Waals surface area contributed by atoms with Crippen LogP contribution in [0.4, 0.5) is 0 Å². The molecule has 5 heteroatoms. The minimum absolute atomic E-state index is 0.632. The smallest absolute Gasteiger partial charge is 0.162 e. The molecule has 0 radical (unpaired) electrons. The van der Waals surface area contributed by atoms with Crippen molar-refractivity contribution in [3.63, 3.8) is 0 Å². The molecular weight excluding hydrogens is 258 g/mol. The molecule has 0 atom stereocenters. The summed E-state index contributed by atoms with van der Waals surface area (Å²) in [5.74, 6) is 2.12. The fourth-order valence-corrected chi connectivity index (χ4v) is 2.10. The van der Waals surface area contributed by atoms with Gasteiger partial charge in [0.2, 0.25) is 0 Å². The van der Waals surface area contributed by atoms with Gasteiger partial charge in [0.1, 0.15) is 5.40 Å². The van der Waals surface area contributed by atoms with Crippen molar-refractivity contribution in [1.29, 1.82) is 5.26 Å². The first-order valence-corrected chi connectivity index (χ1v) is 6.50. The number of benzene rings is 1. The van der Waals surface area contributed by atoms with Gasteiger partial charge in [0.05, 0.1) is 14.2 Å². The monoisotopic (exact) mass is 271 g/mol. The number of thiocyanates is 1. The molecule has 0 spiro atoms. The molecule has 0 aromatic heterocycles. The average Bonchev–Trinajstić information content (AvgIpc) is 2.35. The normalized spacial score (nSPS) is 9.76. The molecule has 1 aromatic carbocycles. The molecule has 0 amide bonds. The highest BCUT2D eigenvalue weighted by atomic mass is 35.5. The second-order valence-electron chi connectivity index (χ2n) is 3.34. The van der Waals surface area contributed by atoms with E-state index in [1.165, 1.54) is 11.8 Å². The van der Waals surface area contributed by atoms with E-state index >= 15 is 0 Å². The van der Waals surface area contributed by atoms with E-state index in [2.05, 4.69) is 0 Å². The topological polar surface area (TPSA) is 42.2 Å². The lowest BCUT2D eigenvalue weighted by Gasteiger charge is -2.11. The molecule has 1 rings (SSSR count). The molecule has 3 nitrogen and oxygen atoms in total. The Kier molecular flexibility index (Phi) is 6.03. The predicted octanol–water partition coefficient (Wildman–Crippen LogP) is 3.50. The van der Waals surface area contributed by atoms with Crippen molar-refractivity contribution in [2.45, 2.75) is 12.8 Å². The van der Waals surface area contributed by atoms with E-state index in [0.29, 0.717) is 16.5 Å². The minimum Gasteiger partial charge on any atom is -0.493 e. The van der Waals surface area contributed by atoms with E-state index in [1.54, 1.807) is 20.3 Å². The van der Waals surface area contributed by atoms with Crippen molar-refractivity contribution in [1.82, 2.24) is 0 Å². The Morgan fingerprint density at radius 3 is 2.53 bits per heavy atom. The molecule has 0 aliphatic rings. The van der Waals surface area contributed by atoms with Gasteiger partial charge in [0.15, 0.2) is 11.5 Å². The third kappa shape index (κ3) is 4.03. The number of methoxy groups -OCH3 is 2. The van der Waals surface area contributed by atoms with Gasteiger partial charge in [-0.15, -0.1) is 0 Å². The summed E-state index contributed by atoms with van der Waals surface area (Å²) in [7, 11) is 3.18. The van der Waals surface area contributed by atoms with Gasteiger partial charge in [-0.05, 0) is 36.2 Å². The van der Waals surface area contributed by atoms with Crippen molar-refractivity contribution in [2.75, 3.05) is 20.0 Å². The van der Waals surface area contributed by atoms with Gasteiger partial charge >= 0.3 is 0 Å². The first kappa shape index (κ1) is 14.0. The molecule has 0 N–H and O–H groups in total. The Labute approximate surface area is 111 Å². The third-order valence-corrected chi connectivity index (χ3v) is 3.28. The maximum absolute atomic E-state index is 8.42. The summed E-state index contributed by atoms with van der Waals surface area (Å²) >= 11 is 7.40. The largest absolute Gasteiger partial charge is 0.493 e. The van der Waals surface area contributed by atoms with Gasteiger partial charge in [-0.3, -0.25) is 0 Å². The highest BCUT2D eigenvalue weighted by Gasteiger charge is 2.09. The van der Waals surface area contributed by atoms with Crippen LogP contribution in [-0.2, 0) is 6.42 Å². The molecule has 0 unspecified atom stereocenters. The maximum Gasteiger partial charge on any atom is 0.162 e. The van der Waals surface area contributed by atoms with E-state index in [4.69, 9.17) is 26.3 Å². The van der Waals surface area contributed by atoms with E-state index in [0.717, 1.165) is 24.2 Å². The SMILES string of the molecule is COc1cc(Cl)c(CCCSC#N)cc1OC. The molecule has 0 heterocycles. The molecule has 1 aromatic rings. The minimum atomic E-state index is 0.632. The quantitative estimate of drug-likeness (QED) is 0.587. The highest BCUT2D eigenvalue weighted by Crippen LogP contribution is 2.33. The summed E-state index contributed by atoms with van der Waals surface area (Å²) in [5.41, 5.74) is 1.02. The zero-order valence-electron chi connectivity index (χ0n) is 9.83. The highest BCUT2D eigenvalue weighted by molar-refractivity contribution is 8.03. The molecule has 17 heavy (non-hydrogen) atoms. The van der Waals surface area contributed by atoms with Gasteiger partial charge in [-0.25, -0.2) is 0 Å². The fourth-order valence-electron chi connectivity index (χ4n) is 1.47. The number of hydrogen-bond donors (Lipinski definition) is 0. The number of aryl methyl sites for hydroxylation is 1. The van der Waals surface area contributed by atoms with Crippen LogP contribution in [-0.4, -0.2) is 20.0 Å². The summed E-state index contributed by atoms with van der Waals surface area (Å²) in [6.45, 7) is 0. The molecule has 0 aliphatic heterocycles. The van der Waals surface area contributed by atoms with Gasteiger partial charge in [0.25, 0.3) is 0 Å². The zero-order chi connectivity index (χ0) is 12.7. The number of halogens is 1. The van der Waals surface area contributed by atoms with Crippen molar-refractivity contribution in [2.24, 2.45) is 0 Å². The number of ether oxygens (including phenoxy) is 2. The van der Waals surface area contributed by atoms with Crippen molar-refractivity contribution < 1.29 is 9.47 Å². The number of thioether (sulfide) groups is 1. The van der Waals surface area contributed by atoms with E-state index < -0.39 is 0 Å². The second kappa shape index (κ2) is 7.31. The lowest BCUT2D eigenvalue weighted by Crippen LogP contribution is -1.95. The standard InChI is InChI=1S/C12H14ClNO2S/c1-15-11-6-9(4-3-5-17-8-14)10(13)7-12(11)16-2/h6-7H,3-5H2,1-2H3. The van der Waals surface area contributed by atoms with Crippen LogP contribution in [0, 0.1) is 10.7 Å². The summed E-state index contributed by atoms with van der Waals surface area (Å²) in [4.78, 5) is 0. The second-order valence-corrected chi connectivity index (χ2v) is 4.63. The molecule has 0 aliphatic carbocycles. The lowest BCUT2D eigenvalue weighted by molar-refractivity contribution is 0.354. The van der Waals surface area contributed by atoms with E-state index in [9.17, 15) is 0 Å². The summed E-state index contributed by atoms with van der Waals surface area (Å²) in [6.07, 6.45) is 1.74. The maximum atomic E-state index is 8.42. The van der Waals surface area contributed by atoms with E-state index in [1.807, 2.05) is 11.5 Å². The molecule has 0 saturated carbocycles.